The second-order valence-corrected chi connectivity index (χ2v) is 10.1. The van der Waals surface area contributed by atoms with Crippen molar-refractivity contribution < 1.29 is 47.8 Å². The normalized spacial score (nSPS) is 22.4. The van der Waals surface area contributed by atoms with Gasteiger partial charge in [0, 0.05) is 25.4 Å². The Morgan fingerprint density at radius 1 is 0.810 bits per heavy atom. The Labute approximate surface area is 245 Å². The molecule has 0 spiro atoms. The van der Waals surface area contributed by atoms with Crippen molar-refractivity contribution in [3.8, 4) is 11.5 Å². The third kappa shape index (κ3) is 8.66. The number of allylic oxidation sites excluding steroid dienone is 1. The van der Waals surface area contributed by atoms with Crippen molar-refractivity contribution in [3.63, 3.8) is 0 Å². The smallest absolute Gasteiger partial charge is 0.288 e. The average molecular weight is 586 g/mol. The summed E-state index contributed by atoms with van der Waals surface area (Å²) in [5.41, 5.74) is 2.73. The lowest BCUT2D eigenvalue weighted by Crippen LogP contribution is -2.40. The van der Waals surface area contributed by atoms with E-state index in [1.165, 1.54) is 0 Å². The Kier molecular flexibility index (Phi) is 11.4. The van der Waals surface area contributed by atoms with Gasteiger partial charge < -0.3 is 47.9 Å². The van der Waals surface area contributed by atoms with Gasteiger partial charge in [0.25, 0.3) is 5.91 Å². The van der Waals surface area contributed by atoms with Crippen LogP contribution in [0.5, 0.6) is 11.5 Å². The van der Waals surface area contributed by atoms with E-state index >= 15 is 0 Å². The fourth-order valence-corrected chi connectivity index (χ4v) is 4.80. The quantitative estimate of drug-likeness (QED) is 0.543. The number of amides is 1. The van der Waals surface area contributed by atoms with E-state index in [-0.39, 0.29) is 31.0 Å². The van der Waals surface area contributed by atoms with Gasteiger partial charge in [0.1, 0.15) is 0 Å². The first-order valence-corrected chi connectivity index (χ1v) is 14.4. The summed E-state index contributed by atoms with van der Waals surface area (Å²) in [5, 5.41) is 9.33. The monoisotopic (exact) mass is 585 g/mol. The standard InChI is InChI=1S/C31H39NO10/c33-20-23-1-3-24(4-2-23)21-39-30-19-26(25-5-6-27-28(17-25)41-22-40-27)18-29(42-30)31(34)32-7-9-35-11-13-37-15-16-38-14-12-36-10-8-32/h1-6,17-18,26,30,33H,7-16,19-22H2/t26-,30+/m1/s1. The number of rotatable bonds is 6. The maximum atomic E-state index is 13.9. The van der Waals surface area contributed by atoms with Gasteiger partial charge in [0.15, 0.2) is 17.3 Å². The summed E-state index contributed by atoms with van der Waals surface area (Å²) >= 11 is 0. The molecule has 42 heavy (non-hydrogen) atoms. The SMILES string of the molecule is O=C(C1=C[C@@H](c2ccc3c(c2)OCO3)C[C@@H](OCc2ccc(CO)cc2)O1)N1CCOCCOCCOCCOCC1. The Balaban J connectivity index is 1.30. The zero-order valence-electron chi connectivity index (χ0n) is 23.7. The molecule has 0 unspecified atom stereocenters. The van der Waals surface area contributed by atoms with Crippen LogP contribution in [0.1, 0.15) is 29.0 Å². The highest BCUT2D eigenvalue weighted by molar-refractivity contribution is 5.91. The molecule has 1 amide bonds. The van der Waals surface area contributed by atoms with Crippen molar-refractivity contribution in [2.75, 3.05) is 72.7 Å². The minimum absolute atomic E-state index is 0.0194. The minimum atomic E-state index is -0.660. The van der Waals surface area contributed by atoms with E-state index in [0.29, 0.717) is 90.5 Å². The maximum absolute atomic E-state index is 13.9. The van der Waals surface area contributed by atoms with Gasteiger partial charge in [0.05, 0.1) is 66.1 Å². The fraction of sp³-hybridized carbons (Fsp3) is 0.516. The molecular formula is C31H39NO10. The van der Waals surface area contributed by atoms with Crippen LogP contribution in [0, 0.1) is 0 Å². The Bertz CT molecular complexity index is 1150. The molecular weight excluding hydrogens is 546 g/mol. The number of hydrogen-bond donors (Lipinski definition) is 1. The molecule has 0 aromatic heterocycles. The van der Waals surface area contributed by atoms with Gasteiger partial charge in [0.2, 0.25) is 13.1 Å². The molecule has 3 heterocycles. The number of carbonyl (C=O) groups is 1. The Hall–Kier alpha value is -3.19. The van der Waals surface area contributed by atoms with Crippen LogP contribution in [-0.2, 0) is 46.4 Å². The molecule has 3 aliphatic heterocycles. The number of benzene rings is 2. The molecule has 2 aromatic rings. The minimum Gasteiger partial charge on any atom is -0.459 e. The van der Waals surface area contributed by atoms with Crippen LogP contribution < -0.4 is 9.47 Å². The number of carbonyl (C=O) groups excluding carboxylic acids is 1. The van der Waals surface area contributed by atoms with Crippen LogP contribution in [0.2, 0.25) is 0 Å². The first-order valence-electron chi connectivity index (χ1n) is 14.4. The van der Waals surface area contributed by atoms with Crippen LogP contribution in [0.15, 0.2) is 54.3 Å². The molecule has 0 bridgehead atoms. The predicted molar refractivity (Wildman–Crippen MR) is 150 cm³/mol. The van der Waals surface area contributed by atoms with Crippen molar-refractivity contribution in [3.05, 3.63) is 71.0 Å². The van der Waals surface area contributed by atoms with Crippen molar-refractivity contribution in [2.45, 2.75) is 31.8 Å². The van der Waals surface area contributed by atoms with E-state index in [1.54, 1.807) is 4.90 Å². The summed E-state index contributed by atoms with van der Waals surface area (Å²) in [6.07, 6.45) is 1.71. The van der Waals surface area contributed by atoms with E-state index in [9.17, 15) is 9.90 Å². The first-order chi connectivity index (χ1) is 20.7. The third-order valence-electron chi connectivity index (χ3n) is 7.15. The lowest BCUT2D eigenvalue weighted by Gasteiger charge is -2.32. The molecule has 2 aromatic carbocycles. The summed E-state index contributed by atoms with van der Waals surface area (Å²) < 4.78 is 45.8. The summed E-state index contributed by atoms with van der Waals surface area (Å²) in [7, 11) is 0. The second-order valence-electron chi connectivity index (χ2n) is 10.1. The van der Waals surface area contributed by atoms with Crippen LogP contribution >= 0.6 is 0 Å². The molecule has 1 saturated heterocycles. The molecule has 0 saturated carbocycles. The predicted octanol–water partition coefficient (Wildman–Crippen LogP) is 2.75. The lowest BCUT2D eigenvalue weighted by atomic mass is 9.92. The van der Waals surface area contributed by atoms with Gasteiger partial charge in [-0.05, 0) is 34.9 Å². The largest absolute Gasteiger partial charge is 0.459 e. The van der Waals surface area contributed by atoms with E-state index in [2.05, 4.69) is 0 Å². The Morgan fingerprint density at radius 3 is 2.10 bits per heavy atom. The molecule has 5 rings (SSSR count). The highest BCUT2D eigenvalue weighted by atomic mass is 16.7. The highest BCUT2D eigenvalue weighted by Gasteiger charge is 2.32. The van der Waals surface area contributed by atoms with Crippen LogP contribution in [0.4, 0.5) is 0 Å². The number of hydrogen-bond acceptors (Lipinski definition) is 10. The molecule has 1 fully saturated rings. The summed E-state index contributed by atoms with van der Waals surface area (Å²) in [6, 6.07) is 13.3. The van der Waals surface area contributed by atoms with Gasteiger partial charge >= 0.3 is 0 Å². The first kappa shape index (κ1) is 30.3. The maximum Gasteiger partial charge on any atom is 0.288 e. The highest BCUT2D eigenvalue weighted by Crippen LogP contribution is 2.38. The third-order valence-corrected chi connectivity index (χ3v) is 7.15. The summed E-state index contributed by atoms with van der Waals surface area (Å²) in [5.74, 6) is 1.18. The zero-order chi connectivity index (χ0) is 29.0. The molecule has 11 nitrogen and oxygen atoms in total. The lowest BCUT2D eigenvalue weighted by molar-refractivity contribution is -0.156. The zero-order valence-corrected chi connectivity index (χ0v) is 23.7. The van der Waals surface area contributed by atoms with Gasteiger partial charge in [-0.25, -0.2) is 0 Å². The van der Waals surface area contributed by atoms with Gasteiger partial charge in [-0.15, -0.1) is 0 Å². The van der Waals surface area contributed by atoms with Gasteiger partial charge in [-0.3, -0.25) is 4.79 Å². The number of fused-ring (bicyclic) bond motifs is 1. The van der Waals surface area contributed by atoms with Crippen LogP contribution in [0.25, 0.3) is 0 Å². The topological polar surface area (TPSA) is 114 Å². The van der Waals surface area contributed by atoms with Gasteiger partial charge in [-0.2, -0.15) is 0 Å². The van der Waals surface area contributed by atoms with E-state index in [1.807, 2.05) is 48.5 Å². The van der Waals surface area contributed by atoms with Crippen LogP contribution in [0.3, 0.4) is 0 Å². The fourth-order valence-electron chi connectivity index (χ4n) is 4.80. The van der Waals surface area contributed by atoms with Crippen molar-refractivity contribution in [2.24, 2.45) is 0 Å². The number of ether oxygens (including phenoxy) is 8. The summed E-state index contributed by atoms with van der Waals surface area (Å²) in [6.45, 7) is 4.69. The molecule has 3 aliphatic rings. The average Bonchev–Trinajstić information content (AvgIpc) is 3.50. The molecule has 0 radical (unpaired) electrons. The molecule has 1 N–H and O–H groups in total. The van der Waals surface area contributed by atoms with Gasteiger partial charge in [-0.1, -0.05) is 30.3 Å². The van der Waals surface area contributed by atoms with Crippen molar-refractivity contribution in [1.29, 1.82) is 0 Å². The van der Waals surface area contributed by atoms with Crippen molar-refractivity contribution >= 4 is 5.91 Å². The summed E-state index contributed by atoms with van der Waals surface area (Å²) in [4.78, 5) is 15.5. The molecule has 2 atom stereocenters. The van der Waals surface area contributed by atoms with Crippen molar-refractivity contribution in [1.82, 2.24) is 4.90 Å². The molecule has 0 aliphatic carbocycles. The van der Waals surface area contributed by atoms with E-state index < -0.39 is 6.29 Å². The molecule has 228 valence electrons. The Morgan fingerprint density at radius 2 is 1.43 bits per heavy atom. The second kappa shape index (κ2) is 15.9. The number of aliphatic hydroxyl groups is 1. The van der Waals surface area contributed by atoms with E-state index in [0.717, 1.165) is 16.7 Å². The number of nitrogens with zero attached hydrogens (tertiary/aromatic N) is 1. The van der Waals surface area contributed by atoms with E-state index in [4.69, 9.17) is 37.9 Å². The van der Waals surface area contributed by atoms with Crippen LogP contribution in [-0.4, -0.2) is 94.9 Å². The molecule has 11 heteroatoms. The number of aliphatic hydroxyl groups excluding tert-OH is 1.